The molecule has 1 aromatic carbocycles. The Kier molecular flexibility index (Phi) is 5.00. The standard InChI is InChI=1S/C17H28N2/c1-13-5-7-19(12-13)8-6-17(18-4)16-10-14(2)9-15(3)11-16/h9-11,13,17-18H,5-8,12H2,1-4H3. The van der Waals surface area contributed by atoms with Gasteiger partial charge in [-0.2, -0.15) is 0 Å². The highest BCUT2D eigenvalue weighted by Gasteiger charge is 2.19. The topological polar surface area (TPSA) is 15.3 Å². The van der Waals surface area contributed by atoms with Crippen LogP contribution in [0.5, 0.6) is 0 Å². The van der Waals surface area contributed by atoms with Crippen LogP contribution in [-0.2, 0) is 0 Å². The molecule has 1 N–H and O–H groups in total. The molecular weight excluding hydrogens is 232 g/mol. The van der Waals surface area contributed by atoms with Gasteiger partial charge in [-0.3, -0.25) is 0 Å². The first kappa shape index (κ1) is 14.5. The van der Waals surface area contributed by atoms with Gasteiger partial charge in [0.1, 0.15) is 0 Å². The minimum absolute atomic E-state index is 0.481. The molecular formula is C17H28N2. The van der Waals surface area contributed by atoms with E-state index in [0.717, 1.165) is 5.92 Å². The lowest BCUT2D eigenvalue weighted by atomic mass is 9.99. The molecule has 0 saturated carbocycles. The van der Waals surface area contributed by atoms with Crippen molar-refractivity contribution in [2.75, 3.05) is 26.7 Å². The van der Waals surface area contributed by atoms with Crippen LogP contribution in [0.15, 0.2) is 18.2 Å². The molecule has 1 fully saturated rings. The van der Waals surface area contributed by atoms with E-state index in [2.05, 4.69) is 56.2 Å². The van der Waals surface area contributed by atoms with Crippen LogP contribution in [0.25, 0.3) is 0 Å². The lowest BCUT2D eigenvalue weighted by Gasteiger charge is -2.22. The molecule has 1 aliphatic heterocycles. The predicted molar refractivity (Wildman–Crippen MR) is 82.6 cm³/mol. The number of nitrogens with one attached hydrogen (secondary N) is 1. The van der Waals surface area contributed by atoms with Gasteiger partial charge in [0.15, 0.2) is 0 Å². The van der Waals surface area contributed by atoms with Crippen molar-refractivity contribution in [1.82, 2.24) is 10.2 Å². The average molecular weight is 260 g/mol. The Balaban J connectivity index is 1.95. The third kappa shape index (κ3) is 4.05. The van der Waals surface area contributed by atoms with Gasteiger partial charge >= 0.3 is 0 Å². The number of nitrogens with zero attached hydrogens (tertiary/aromatic N) is 1. The van der Waals surface area contributed by atoms with E-state index in [1.54, 1.807) is 0 Å². The molecule has 2 unspecified atom stereocenters. The summed E-state index contributed by atoms with van der Waals surface area (Å²) in [5, 5.41) is 3.48. The zero-order chi connectivity index (χ0) is 13.8. The SMILES string of the molecule is CNC(CCN1CCC(C)C1)c1cc(C)cc(C)c1. The van der Waals surface area contributed by atoms with Crippen LogP contribution in [0.3, 0.4) is 0 Å². The summed E-state index contributed by atoms with van der Waals surface area (Å²) >= 11 is 0. The van der Waals surface area contributed by atoms with Gasteiger partial charge in [0.2, 0.25) is 0 Å². The van der Waals surface area contributed by atoms with Crippen LogP contribution >= 0.6 is 0 Å². The van der Waals surface area contributed by atoms with Crippen LogP contribution in [0, 0.1) is 19.8 Å². The summed E-state index contributed by atoms with van der Waals surface area (Å²) < 4.78 is 0. The summed E-state index contributed by atoms with van der Waals surface area (Å²) in [5.41, 5.74) is 4.17. The number of rotatable bonds is 5. The normalized spacial score (nSPS) is 21.8. The fraction of sp³-hybridized carbons (Fsp3) is 0.647. The third-order valence-electron chi connectivity index (χ3n) is 4.24. The number of benzene rings is 1. The molecule has 1 saturated heterocycles. The highest BCUT2D eigenvalue weighted by atomic mass is 15.1. The zero-order valence-corrected chi connectivity index (χ0v) is 12.9. The Hall–Kier alpha value is -0.860. The molecule has 2 nitrogen and oxygen atoms in total. The molecule has 1 aliphatic rings. The number of aryl methyl sites for hydroxylation is 2. The van der Waals surface area contributed by atoms with Gasteiger partial charge in [0.25, 0.3) is 0 Å². The fourth-order valence-electron chi connectivity index (χ4n) is 3.23. The van der Waals surface area contributed by atoms with Gasteiger partial charge in [-0.25, -0.2) is 0 Å². The van der Waals surface area contributed by atoms with Crippen LogP contribution in [0.1, 0.15) is 42.5 Å². The van der Waals surface area contributed by atoms with Crippen molar-refractivity contribution >= 4 is 0 Å². The summed E-state index contributed by atoms with van der Waals surface area (Å²) in [6, 6.07) is 7.37. The minimum atomic E-state index is 0.481. The second-order valence-corrected chi connectivity index (χ2v) is 6.25. The van der Waals surface area contributed by atoms with E-state index >= 15 is 0 Å². The maximum atomic E-state index is 3.48. The van der Waals surface area contributed by atoms with Crippen molar-refractivity contribution in [2.24, 2.45) is 5.92 Å². The molecule has 19 heavy (non-hydrogen) atoms. The molecule has 2 rings (SSSR count). The van der Waals surface area contributed by atoms with E-state index < -0.39 is 0 Å². The predicted octanol–water partition coefficient (Wildman–Crippen LogP) is 3.30. The summed E-state index contributed by atoms with van der Waals surface area (Å²) in [7, 11) is 2.08. The van der Waals surface area contributed by atoms with Crippen molar-refractivity contribution in [1.29, 1.82) is 0 Å². The van der Waals surface area contributed by atoms with Crippen molar-refractivity contribution in [3.05, 3.63) is 34.9 Å². The lowest BCUT2D eigenvalue weighted by Crippen LogP contribution is -2.26. The van der Waals surface area contributed by atoms with Gasteiger partial charge in [-0.15, -0.1) is 0 Å². The van der Waals surface area contributed by atoms with Gasteiger partial charge in [0, 0.05) is 12.6 Å². The van der Waals surface area contributed by atoms with E-state index in [0.29, 0.717) is 6.04 Å². The smallest absolute Gasteiger partial charge is 0.0329 e. The number of hydrogen-bond acceptors (Lipinski definition) is 2. The Labute approximate surface area is 118 Å². The first-order valence-corrected chi connectivity index (χ1v) is 7.56. The summed E-state index contributed by atoms with van der Waals surface area (Å²) in [6.07, 6.45) is 2.57. The number of likely N-dealkylation sites (tertiary alicyclic amines) is 1. The first-order chi connectivity index (χ1) is 9.08. The Morgan fingerprint density at radius 2 is 1.95 bits per heavy atom. The van der Waals surface area contributed by atoms with Gasteiger partial charge in [0.05, 0.1) is 0 Å². The van der Waals surface area contributed by atoms with E-state index in [1.165, 1.54) is 49.2 Å². The number of hydrogen-bond donors (Lipinski definition) is 1. The van der Waals surface area contributed by atoms with E-state index in [9.17, 15) is 0 Å². The molecule has 2 atom stereocenters. The quantitative estimate of drug-likeness (QED) is 0.874. The summed E-state index contributed by atoms with van der Waals surface area (Å²) in [6.45, 7) is 10.5. The largest absolute Gasteiger partial charge is 0.313 e. The van der Waals surface area contributed by atoms with Crippen LogP contribution < -0.4 is 5.32 Å². The summed E-state index contributed by atoms with van der Waals surface area (Å²) in [4.78, 5) is 2.61. The maximum absolute atomic E-state index is 3.48. The second kappa shape index (κ2) is 6.53. The van der Waals surface area contributed by atoms with Gasteiger partial charge in [-0.05, 0) is 58.3 Å². The molecule has 0 aromatic heterocycles. The Morgan fingerprint density at radius 1 is 1.26 bits per heavy atom. The molecule has 0 aliphatic carbocycles. The van der Waals surface area contributed by atoms with E-state index in [1.807, 2.05) is 0 Å². The Morgan fingerprint density at radius 3 is 2.47 bits per heavy atom. The molecule has 0 radical (unpaired) electrons. The molecule has 0 spiro atoms. The molecule has 106 valence electrons. The van der Waals surface area contributed by atoms with Gasteiger partial charge < -0.3 is 10.2 Å². The van der Waals surface area contributed by atoms with E-state index in [4.69, 9.17) is 0 Å². The first-order valence-electron chi connectivity index (χ1n) is 7.56. The molecule has 1 aromatic rings. The van der Waals surface area contributed by atoms with Gasteiger partial charge in [-0.1, -0.05) is 36.2 Å². The van der Waals surface area contributed by atoms with Crippen LogP contribution in [-0.4, -0.2) is 31.6 Å². The second-order valence-electron chi connectivity index (χ2n) is 6.25. The van der Waals surface area contributed by atoms with E-state index in [-0.39, 0.29) is 0 Å². The summed E-state index contributed by atoms with van der Waals surface area (Å²) in [5.74, 6) is 0.884. The highest BCUT2D eigenvalue weighted by molar-refractivity contribution is 5.30. The maximum Gasteiger partial charge on any atom is 0.0329 e. The van der Waals surface area contributed by atoms with Crippen LogP contribution in [0.2, 0.25) is 0 Å². The van der Waals surface area contributed by atoms with Crippen molar-refractivity contribution in [3.8, 4) is 0 Å². The van der Waals surface area contributed by atoms with Crippen LogP contribution in [0.4, 0.5) is 0 Å². The van der Waals surface area contributed by atoms with Crippen molar-refractivity contribution < 1.29 is 0 Å². The fourth-order valence-corrected chi connectivity index (χ4v) is 3.23. The van der Waals surface area contributed by atoms with Crippen molar-refractivity contribution in [3.63, 3.8) is 0 Å². The molecule has 0 amide bonds. The minimum Gasteiger partial charge on any atom is -0.313 e. The highest BCUT2D eigenvalue weighted by Crippen LogP contribution is 2.22. The Bertz CT molecular complexity index is 393. The van der Waals surface area contributed by atoms with Crippen molar-refractivity contribution in [2.45, 2.75) is 39.7 Å². The molecule has 0 bridgehead atoms. The molecule has 2 heteroatoms. The average Bonchev–Trinajstić information content (AvgIpc) is 2.75. The molecule has 1 heterocycles. The monoisotopic (exact) mass is 260 g/mol. The lowest BCUT2D eigenvalue weighted by molar-refractivity contribution is 0.305. The zero-order valence-electron chi connectivity index (χ0n) is 12.9. The third-order valence-corrected chi connectivity index (χ3v) is 4.24.